The predicted molar refractivity (Wildman–Crippen MR) is 78.9 cm³/mol. The third-order valence-corrected chi connectivity index (χ3v) is 5.62. The SMILES string of the molecule is CC1CCC(C(O)CCCc2cccs2)CC1C. The minimum absolute atomic E-state index is 0.0695. The van der Waals surface area contributed by atoms with Gasteiger partial charge in [0.25, 0.3) is 0 Å². The van der Waals surface area contributed by atoms with Gasteiger partial charge >= 0.3 is 0 Å². The summed E-state index contributed by atoms with van der Waals surface area (Å²) < 4.78 is 0. The fraction of sp³-hybridized carbons (Fsp3) is 0.750. The molecule has 18 heavy (non-hydrogen) atoms. The second-order valence-electron chi connectivity index (χ2n) is 6.07. The molecule has 1 saturated carbocycles. The minimum Gasteiger partial charge on any atom is -0.393 e. The smallest absolute Gasteiger partial charge is 0.0568 e. The van der Waals surface area contributed by atoms with E-state index in [4.69, 9.17) is 0 Å². The van der Waals surface area contributed by atoms with Gasteiger partial charge in [-0.3, -0.25) is 0 Å². The molecule has 1 N–H and O–H groups in total. The van der Waals surface area contributed by atoms with Crippen LogP contribution in [-0.4, -0.2) is 11.2 Å². The summed E-state index contributed by atoms with van der Waals surface area (Å²) in [6, 6.07) is 4.31. The second-order valence-corrected chi connectivity index (χ2v) is 7.10. The van der Waals surface area contributed by atoms with Gasteiger partial charge in [0.2, 0.25) is 0 Å². The van der Waals surface area contributed by atoms with Gasteiger partial charge in [-0.05, 0) is 61.3 Å². The summed E-state index contributed by atoms with van der Waals surface area (Å²) in [6.45, 7) is 4.69. The Balaban J connectivity index is 1.69. The first-order chi connectivity index (χ1) is 8.66. The van der Waals surface area contributed by atoms with Crippen molar-refractivity contribution in [1.29, 1.82) is 0 Å². The molecule has 0 aromatic carbocycles. The Morgan fingerprint density at radius 1 is 1.33 bits per heavy atom. The van der Waals surface area contributed by atoms with E-state index >= 15 is 0 Å². The molecule has 4 unspecified atom stereocenters. The Hall–Kier alpha value is -0.340. The van der Waals surface area contributed by atoms with Crippen molar-refractivity contribution >= 4 is 11.3 Å². The largest absolute Gasteiger partial charge is 0.393 e. The molecule has 102 valence electrons. The van der Waals surface area contributed by atoms with Gasteiger partial charge in [-0.25, -0.2) is 0 Å². The third kappa shape index (κ3) is 3.83. The molecule has 0 aliphatic heterocycles. The molecule has 0 spiro atoms. The van der Waals surface area contributed by atoms with Crippen molar-refractivity contribution in [1.82, 2.24) is 0 Å². The second kappa shape index (κ2) is 6.72. The van der Waals surface area contributed by atoms with Crippen LogP contribution in [0.25, 0.3) is 0 Å². The number of aliphatic hydroxyl groups is 1. The molecule has 1 aromatic heterocycles. The van der Waals surface area contributed by atoms with Crippen LogP contribution in [0.15, 0.2) is 17.5 Å². The van der Waals surface area contributed by atoms with E-state index in [0.29, 0.717) is 5.92 Å². The monoisotopic (exact) mass is 266 g/mol. The summed E-state index contributed by atoms with van der Waals surface area (Å²) in [5.41, 5.74) is 0. The average molecular weight is 266 g/mol. The molecule has 1 heterocycles. The molecule has 1 aliphatic carbocycles. The fourth-order valence-electron chi connectivity index (χ4n) is 3.11. The van der Waals surface area contributed by atoms with Crippen LogP contribution in [0.2, 0.25) is 0 Å². The molecule has 2 heteroatoms. The van der Waals surface area contributed by atoms with E-state index in [2.05, 4.69) is 31.4 Å². The molecule has 0 amide bonds. The summed E-state index contributed by atoms with van der Waals surface area (Å²) in [7, 11) is 0. The van der Waals surface area contributed by atoms with Crippen molar-refractivity contribution < 1.29 is 5.11 Å². The average Bonchev–Trinajstić information content (AvgIpc) is 2.85. The van der Waals surface area contributed by atoms with Gasteiger partial charge in [0.15, 0.2) is 0 Å². The highest BCUT2D eigenvalue weighted by molar-refractivity contribution is 7.09. The Bertz CT molecular complexity index is 333. The van der Waals surface area contributed by atoms with E-state index in [1.807, 2.05) is 11.3 Å². The highest BCUT2D eigenvalue weighted by Crippen LogP contribution is 2.36. The molecule has 4 atom stereocenters. The van der Waals surface area contributed by atoms with Crippen LogP contribution >= 0.6 is 11.3 Å². The van der Waals surface area contributed by atoms with Crippen molar-refractivity contribution in [3.05, 3.63) is 22.4 Å². The Labute approximate surface area is 115 Å². The molecule has 0 saturated heterocycles. The van der Waals surface area contributed by atoms with E-state index in [9.17, 15) is 5.11 Å². The molecule has 1 aromatic rings. The minimum atomic E-state index is -0.0695. The van der Waals surface area contributed by atoms with E-state index in [1.54, 1.807) is 0 Å². The lowest BCUT2D eigenvalue weighted by atomic mass is 9.73. The van der Waals surface area contributed by atoms with Crippen molar-refractivity contribution in [2.45, 2.75) is 58.5 Å². The van der Waals surface area contributed by atoms with Crippen LogP contribution in [0.5, 0.6) is 0 Å². The zero-order valence-electron chi connectivity index (χ0n) is 11.6. The van der Waals surface area contributed by atoms with E-state index < -0.39 is 0 Å². The van der Waals surface area contributed by atoms with E-state index in [1.165, 1.54) is 24.1 Å². The summed E-state index contributed by atoms with van der Waals surface area (Å²) in [5, 5.41) is 12.4. The van der Waals surface area contributed by atoms with Gasteiger partial charge in [0.05, 0.1) is 6.10 Å². The van der Waals surface area contributed by atoms with Crippen LogP contribution in [0.3, 0.4) is 0 Å². The number of rotatable bonds is 5. The van der Waals surface area contributed by atoms with Gasteiger partial charge in [-0.1, -0.05) is 26.3 Å². The number of hydrogen-bond donors (Lipinski definition) is 1. The fourth-order valence-corrected chi connectivity index (χ4v) is 3.87. The molecule has 1 aliphatic rings. The maximum atomic E-state index is 10.3. The van der Waals surface area contributed by atoms with Gasteiger partial charge in [0.1, 0.15) is 0 Å². The van der Waals surface area contributed by atoms with Gasteiger partial charge in [0, 0.05) is 4.88 Å². The molecule has 1 fully saturated rings. The zero-order valence-corrected chi connectivity index (χ0v) is 12.5. The maximum absolute atomic E-state index is 10.3. The molecular formula is C16H26OS. The maximum Gasteiger partial charge on any atom is 0.0568 e. The van der Waals surface area contributed by atoms with Crippen molar-refractivity contribution in [3.8, 4) is 0 Å². The van der Waals surface area contributed by atoms with Gasteiger partial charge in [-0.15, -0.1) is 11.3 Å². The summed E-state index contributed by atoms with van der Waals surface area (Å²) in [6.07, 6.45) is 6.92. The van der Waals surface area contributed by atoms with Gasteiger partial charge < -0.3 is 5.11 Å². The summed E-state index contributed by atoms with van der Waals surface area (Å²) in [5.74, 6) is 2.19. The topological polar surface area (TPSA) is 20.2 Å². The van der Waals surface area contributed by atoms with Crippen LogP contribution < -0.4 is 0 Å². The first-order valence-corrected chi connectivity index (χ1v) is 8.25. The number of aliphatic hydroxyl groups excluding tert-OH is 1. The van der Waals surface area contributed by atoms with E-state index in [0.717, 1.165) is 31.1 Å². The lowest BCUT2D eigenvalue weighted by Crippen LogP contribution is -2.29. The molecule has 0 radical (unpaired) electrons. The Morgan fingerprint density at radius 2 is 2.17 bits per heavy atom. The quantitative estimate of drug-likeness (QED) is 0.831. The molecule has 0 bridgehead atoms. The zero-order chi connectivity index (χ0) is 13.0. The highest BCUT2D eigenvalue weighted by atomic mass is 32.1. The van der Waals surface area contributed by atoms with E-state index in [-0.39, 0.29) is 6.10 Å². The van der Waals surface area contributed by atoms with Crippen LogP contribution in [-0.2, 0) is 6.42 Å². The normalized spacial score (nSPS) is 30.3. The first kappa shape index (κ1) is 14.1. The number of thiophene rings is 1. The standard InChI is InChI=1S/C16H26OS/c1-12-8-9-14(11-13(12)2)16(17)7-3-5-15-6-4-10-18-15/h4,6,10,12-14,16-17H,3,5,7-9,11H2,1-2H3. The lowest BCUT2D eigenvalue weighted by Gasteiger charge is -2.34. The number of hydrogen-bond acceptors (Lipinski definition) is 2. The molecule has 1 nitrogen and oxygen atoms in total. The van der Waals surface area contributed by atoms with Crippen molar-refractivity contribution in [2.75, 3.05) is 0 Å². The van der Waals surface area contributed by atoms with Crippen LogP contribution in [0.1, 0.15) is 50.8 Å². The van der Waals surface area contributed by atoms with Crippen LogP contribution in [0.4, 0.5) is 0 Å². The summed E-state index contributed by atoms with van der Waals surface area (Å²) in [4.78, 5) is 1.45. The summed E-state index contributed by atoms with van der Waals surface area (Å²) >= 11 is 1.83. The molecular weight excluding hydrogens is 240 g/mol. The predicted octanol–water partition coefficient (Wildman–Crippen LogP) is 4.50. The van der Waals surface area contributed by atoms with Crippen LogP contribution in [0, 0.1) is 17.8 Å². The Kier molecular flexibility index (Phi) is 5.25. The third-order valence-electron chi connectivity index (χ3n) is 4.69. The Morgan fingerprint density at radius 3 is 2.83 bits per heavy atom. The molecule has 2 rings (SSSR count). The van der Waals surface area contributed by atoms with Crippen molar-refractivity contribution in [2.24, 2.45) is 17.8 Å². The van der Waals surface area contributed by atoms with Crippen molar-refractivity contribution in [3.63, 3.8) is 0 Å². The highest BCUT2D eigenvalue weighted by Gasteiger charge is 2.28. The lowest BCUT2D eigenvalue weighted by molar-refractivity contribution is 0.0495. The number of aryl methyl sites for hydroxylation is 1. The van der Waals surface area contributed by atoms with Gasteiger partial charge in [-0.2, -0.15) is 0 Å². The first-order valence-electron chi connectivity index (χ1n) is 7.37.